The predicted molar refractivity (Wildman–Crippen MR) is 116 cm³/mol. The van der Waals surface area contributed by atoms with Crippen molar-refractivity contribution >= 4 is 41.0 Å². The first kappa shape index (κ1) is 22.2. The molecule has 1 aliphatic heterocycles. The van der Waals surface area contributed by atoms with E-state index in [0.29, 0.717) is 16.5 Å². The average molecular weight is 469 g/mol. The Balaban J connectivity index is 1.24. The first-order chi connectivity index (χ1) is 15.8. The number of nitrogens with zero attached hydrogens (tertiary/aromatic N) is 3. The van der Waals surface area contributed by atoms with E-state index in [2.05, 4.69) is 15.5 Å². The van der Waals surface area contributed by atoms with E-state index in [1.54, 1.807) is 24.3 Å². The van der Waals surface area contributed by atoms with Crippen molar-refractivity contribution in [3.05, 3.63) is 64.5 Å². The Morgan fingerprint density at radius 3 is 2.58 bits per heavy atom. The quantitative estimate of drug-likeness (QED) is 0.413. The van der Waals surface area contributed by atoms with E-state index >= 15 is 0 Å². The number of aryl methyl sites for hydroxylation is 1. The van der Waals surface area contributed by atoms with Gasteiger partial charge in [-0.3, -0.25) is 24.1 Å². The van der Waals surface area contributed by atoms with Crippen LogP contribution in [0.3, 0.4) is 0 Å². The third kappa shape index (κ3) is 4.90. The second-order valence-electron chi connectivity index (χ2n) is 7.16. The lowest BCUT2D eigenvalue weighted by atomic mass is 10.1. The SMILES string of the molecule is CN1C(=O)c2ccc(NC(=O)COC(=O)CCc3nc(-c4ccc(Cl)cc4)no3)cc2C1=O. The van der Waals surface area contributed by atoms with Crippen molar-refractivity contribution in [1.82, 2.24) is 15.0 Å². The van der Waals surface area contributed by atoms with Gasteiger partial charge in [-0.05, 0) is 42.5 Å². The van der Waals surface area contributed by atoms with Gasteiger partial charge in [0.2, 0.25) is 11.7 Å². The zero-order chi connectivity index (χ0) is 23.5. The molecular formula is C22H17ClN4O6. The molecule has 1 N–H and O–H groups in total. The Morgan fingerprint density at radius 1 is 1.09 bits per heavy atom. The lowest BCUT2D eigenvalue weighted by Crippen LogP contribution is -2.24. The Hall–Kier alpha value is -4.05. The van der Waals surface area contributed by atoms with Gasteiger partial charge < -0.3 is 14.6 Å². The number of hydrogen-bond acceptors (Lipinski definition) is 8. The third-order valence-electron chi connectivity index (χ3n) is 4.85. The molecule has 10 nitrogen and oxygen atoms in total. The molecule has 1 aliphatic rings. The summed E-state index contributed by atoms with van der Waals surface area (Å²) in [6, 6.07) is 11.3. The van der Waals surface area contributed by atoms with Crippen LogP contribution in [0.25, 0.3) is 11.4 Å². The van der Waals surface area contributed by atoms with Gasteiger partial charge in [-0.1, -0.05) is 16.8 Å². The minimum atomic E-state index is -0.618. The van der Waals surface area contributed by atoms with Crippen LogP contribution in [0.5, 0.6) is 0 Å². The van der Waals surface area contributed by atoms with E-state index < -0.39 is 30.3 Å². The molecule has 0 fully saturated rings. The molecule has 0 radical (unpaired) electrons. The lowest BCUT2D eigenvalue weighted by Gasteiger charge is -2.07. The maximum absolute atomic E-state index is 12.1. The van der Waals surface area contributed by atoms with E-state index in [0.717, 1.165) is 10.5 Å². The number of hydrogen-bond donors (Lipinski definition) is 1. The lowest BCUT2D eigenvalue weighted by molar-refractivity contribution is -0.147. The molecule has 3 amide bonds. The largest absolute Gasteiger partial charge is 0.456 e. The number of amides is 3. The normalized spacial score (nSPS) is 12.6. The van der Waals surface area contributed by atoms with E-state index in [-0.39, 0.29) is 29.9 Å². The molecule has 11 heteroatoms. The maximum atomic E-state index is 12.1. The molecule has 4 rings (SSSR count). The summed E-state index contributed by atoms with van der Waals surface area (Å²) in [5.74, 6) is -1.43. The summed E-state index contributed by atoms with van der Waals surface area (Å²) in [6.45, 7) is -0.511. The molecule has 0 atom stereocenters. The average Bonchev–Trinajstić information content (AvgIpc) is 3.36. The van der Waals surface area contributed by atoms with E-state index in [1.165, 1.54) is 25.2 Å². The van der Waals surface area contributed by atoms with Crippen LogP contribution in [0.15, 0.2) is 47.0 Å². The zero-order valence-electron chi connectivity index (χ0n) is 17.3. The highest BCUT2D eigenvalue weighted by Crippen LogP contribution is 2.24. The molecule has 0 spiro atoms. The molecule has 0 unspecified atom stereocenters. The number of rotatable bonds is 7. The molecule has 0 aliphatic carbocycles. The first-order valence-corrected chi connectivity index (χ1v) is 10.2. The number of nitrogens with one attached hydrogen (secondary N) is 1. The number of ether oxygens (including phenoxy) is 1. The Bertz CT molecular complexity index is 1250. The predicted octanol–water partition coefficient (Wildman–Crippen LogP) is 2.73. The second-order valence-corrected chi connectivity index (χ2v) is 7.59. The Kier molecular flexibility index (Phi) is 6.18. The molecule has 1 aromatic heterocycles. The summed E-state index contributed by atoms with van der Waals surface area (Å²) in [4.78, 5) is 53.2. The minimum Gasteiger partial charge on any atom is -0.456 e. The number of carbonyl (C=O) groups excluding carboxylic acids is 4. The summed E-state index contributed by atoms with van der Waals surface area (Å²) < 4.78 is 10.1. The summed E-state index contributed by atoms with van der Waals surface area (Å²) in [7, 11) is 1.38. The van der Waals surface area contributed by atoms with Gasteiger partial charge in [0.15, 0.2) is 6.61 Å². The Morgan fingerprint density at radius 2 is 1.82 bits per heavy atom. The molecule has 2 aromatic carbocycles. The van der Waals surface area contributed by atoms with Crippen molar-refractivity contribution in [3.63, 3.8) is 0 Å². The molecule has 0 saturated carbocycles. The van der Waals surface area contributed by atoms with E-state index in [9.17, 15) is 19.2 Å². The van der Waals surface area contributed by atoms with Crippen molar-refractivity contribution in [3.8, 4) is 11.4 Å². The number of halogens is 1. The van der Waals surface area contributed by atoms with Gasteiger partial charge in [-0.2, -0.15) is 4.98 Å². The third-order valence-corrected chi connectivity index (χ3v) is 5.10. The smallest absolute Gasteiger partial charge is 0.306 e. The van der Waals surface area contributed by atoms with Gasteiger partial charge in [0.05, 0.1) is 17.5 Å². The highest BCUT2D eigenvalue weighted by atomic mass is 35.5. The van der Waals surface area contributed by atoms with Crippen LogP contribution in [-0.4, -0.2) is 52.4 Å². The summed E-state index contributed by atoms with van der Waals surface area (Å²) in [5, 5.41) is 6.97. The van der Waals surface area contributed by atoms with E-state index in [4.69, 9.17) is 20.9 Å². The number of carbonyl (C=O) groups is 4. The molecule has 0 bridgehead atoms. The maximum Gasteiger partial charge on any atom is 0.306 e. The summed E-state index contributed by atoms with van der Waals surface area (Å²) >= 11 is 5.85. The van der Waals surface area contributed by atoms with Crippen molar-refractivity contribution in [2.75, 3.05) is 19.0 Å². The van der Waals surface area contributed by atoms with Crippen LogP contribution in [0, 0.1) is 0 Å². The van der Waals surface area contributed by atoms with Gasteiger partial charge in [0.25, 0.3) is 17.7 Å². The topological polar surface area (TPSA) is 132 Å². The van der Waals surface area contributed by atoms with Crippen LogP contribution in [0.4, 0.5) is 5.69 Å². The van der Waals surface area contributed by atoms with E-state index in [1.807, 2.05) is 0 Å². The minimum absolute atomic E-state index is 0.0582. The summed E-state index contributed by atoms with van der Waals surface area (Å²) in [5.41, 5.74) is 1.51. The van der Waals surface area contributed by atoms with Gasteiger partial charge in [-0.15, -0.1) is 0 Å². The number of esters is 1. The molecule has 33 heavy (non-hydrogen) atoms. The number of benzene rings is 2. The van der Waals surface area contributed by atoms with Crippen LogP contribution < -0.4 is 5.32 Å². The number of fused-ring (bicyclic) bond motifs is 1. The first-order valence-electron chi connectivity index (χ1n) is 9.82. The van der Waals surface area contributed by atoms with Gasteiger partial charge in [-0.25, -0.2) is 0 Å². The fourth-order valence-corrected chi connectivity index (χ4v) is 3.26. The number of anilines is 1. The van der Waals surface area contributed by atoms with Crippen LogP contribution >= 0.6 is 11.6 Å². The van der Waals surface area contributed by atoms with Gasteiger partial charge >= 0.3 is 5.97 Å². The highest BCUT2D eigenvalue weighted by molar-refractivity contribution is 6.30. The van der Waals surface area contributed by atoms with Gasteiger partial charge in [0, 0.05) is 29.7 Å². The van der Waals surface area contributed by atoms with Gasteiger partial charge in [0.1, 0.15) is 0 Å². The molecule has 3 aromatic rings. The van der Waals surface area contributed by atoms with Crippen molar-refractivity contribution in [2.45, 2.75) is 12.8 Å². The summed E-state index contributed by atoms with van der Waals surface area (Å²) in [6.07, 6.45) is 0.0901. The van der Waals surface area contributed by atoms with Crippen LogP contribution in [0.1, 0.15) is 33.0 Å². The van der Waals surface area contributed by atoms with Crippen molar-refractivity contribution < 1.29 is 28.4 Å². The molecule has 168 valence electrons. The van der Waals surface area contributed by atoms with Crippen LogP contribution in [-0.2, 0) is 20.7 Å². The Labute approximate surface area is 192 Å². The number of aromatic nitrogens is 2. The standard InChI is InChI=1S/C22H17ClN4O6/c1-27-21(30)15-7-6-14(10-16(15)22(27)31)24-17(28)11-32-19(29)9-8-18-25-20(26-33-18)12-2-4-13(23)5-3-12/h2-7,10H,8-9,11H2,1H3,(H,24,28). The molecule has 0 saturated heterocycles. The second kappa shape index (κ2) is 9.21. The molecular weight excluding hydrogens is 452 g/mol. The monoisotopic (exact) mass is 468 g/mol. The fraction of sp³-hybridized carbons (Fsp3) is 0.182. The fourth-order valence-electron chi connectivity index (χ4n) is 3.14. The van der Waals surface area contributed by atoms with Crippen molar-refractivity contribution in [2.24, 2.45) is 0 Å². The zero-order valence-corrected chi connectivity index (χ0v) is 18.1. The van der Waals surface area contributed by atoms with Crippen LogP contribution in [0.2, 0.25) is 5.02 Å². The molecule has 2 heterocycles. The number of imide groups is 1. The van der Waals surface area contributed by atoms with Crippen molar-refractivity contribution in [1.29, 1.82) is 0 Å². The highest BCUT2D eigenvalue weighted by Gasteiger charge is 2.32.